The van der Waals surface area contributed by atoms with Crippen LogP contribution in [0.3, 0.4) is 0 Å². The van der Waals surface area contributed by atoms with Crippen LogP contribution in [0.1, 0.15) is 30.7 Å². The predicted molar refractivity (Wildman–Crippen MR) is 84.4 cm³/mol. The van der Waals surface area contributed by atoms with Crippen LogP contribution in [-0.2, 0) is 11.3 Å². The lowest BCUT2D eigenvalue weighted by atomic mass is 10.1. The molecule has 112 valence electrons. The first kappa shape index (κ1) is 15.6. The Bertz CT molecular complexity index is 625. The van der Waals surface area contributed by atoms with Gasteiger partial charge in [0, 0.05) is 10.9 Å². The van der Waals surface area contributed by atoms with Gasteiger partial charge in [0.2, 0.25) is 5.13 Å². The van der Waals surface area contributed by atoms with Gasteiger partial charge in [-0.05, 0) is 32.4 Å². The molecule has 0 atom stereocenters. The Hall–Kier alpha value is -1.79. The Morgan fingerprint density at radius 2 is 2.29 bits per heavy atom. The molecule has 0 spiro atoms. The van der Waals surface area contributed by atoms with Gasteiger partial charge in [-0.3, -0.25) is 5.43 Å². The van der Waals surface area contributed by atoms with Crippen LogP contribution in [0.15, 0.2) is 28.7 Å². The molecule has 2 rings (SSSR count). The lowest BCUT2D eigenvalue weighted by molar-refractivity contribution is 0.0639. The number of benzene rings is 1. The minimum absolute atomic E-state index is 0.0802. The van der Waals surface area contributed by atoms with Crippen molar-refractivity contribution in [3.8, 4) is 0 Å². The number of anilines is 1. The van der Waals surface area contributed by atoms with E-state index in [1.54, 1.807) is 18.3 Å². The van der Waals surface area contributed by atoms with Crippen molar-refractivity contribution in [3.63, 3.8) is 0 Å². The summed E-state index contributed by atoms with van der Waals surface area (Å²) >= 11 is 1.47. The maximum absolute atomic E-state index is 13.9. The van der Waals surface area contributed by atoms with Crippen molar-refractivity contribution in [2.24, 2.45) is 5.10 Å². The van der Waals surface area contributed by atoms with Gasteiger partial charge in [0.1, 0.15) is 5.82 Å². The number of aromatic nitrogens is 1. The van der Waals surface area contributed by atoms with Gasteiger partial charge in [-0.2, -0.15) is 5.10 Å². The third-order valence-electron chi connectivity index (χ3n) is 2.64. The van der Waals surface area contributed by atoms with E-state index in [0.717, 1.165) is 5.69 Å². The van der Waals surface area contributed by atoms with Crippen LogP contribution in [-0.4, -0.2) is 17.3 Å². The Morgan fingerprint density at radius 3 is 2.90 bits per heavy atom. The molecule has 1 aromatic heterocycles. The van der Waals surface area contributed by atoms with E-state index < -0.39 is 0 Å². The molecule has 1 N–H and O–H groups in total. The van der Waals surface area contributed by atoms with E-state index >= 15 is 0 Å². The number of aryl methyl sites for hydroxylation is 1. The van der Waals surface area contributed by atoms with Crippen LogP contribution in [0.25, 0.3) is 0 Å². The molecule has 0 aliphatic rings. The molecule has 21 heavy (non-hydrogen) atoms. The van der Waals surface area contributed by atoms with Gasteiger partial charge in [-0.25, -0.2) is 9.37 Å². The first-order valence-electron chi connectivity index (χ1n) is 6.66. The van der Waals surface area contributed by atoms with Crippen LogP contribution >= 0.6 is 11.3 Å². The normalized spacial score (nSPS) is 11.5. The molecule has 0 saturated heterocycles. The minimum atomic E-state index is -0.287. The van der Waals surface area contributed by atoms with Crippen LogP contribution in [0.5, 0.6) is 0 Å². The van der Waals surface area contributed by atoms with Crippen LogP contribution in [0, 0.1) is 12.7 Å². The highest BCUT2D eigenvalue weighted by atomic mass is 32.1. The van der Waals surface area contributed by atoms with Crippen molar-refractivity contribution >= 4 is 22.7 Å². The highest BCUT2D eigenvalue weighted by Gasteiger charge is 2.04. The summed E-state index contributed by atoms with van der Waals surface area (Å²) in [5.74, 6) is -0.287. The summed E-state index contributed by atoms with van der Waals surface area (Å²) in [6, 6.07) is 4.96. The van der Waals surface area contributed by atoms with E-state index in [4.69, 9.17) is 4.74 Å². The number of halogens is 1. The first-order chi connectivity index (χ1) is 10.0. The zero-order chi connectivity index (χ0) is 15.2. The predicted octanol–water partition coefficient (Wildman–Crippen LogP) is 3.96. The number of ether oxygens (including phenoxy) is 1. The van der Waals surface area contributed by atoms with E-state index in [0.29, 0.717) is 16.3 Å². The van der Waals surface area contributed by atoms with Crippen molar-refractivity contribution in [1.29, 1.82) is 0 Å². The number of hydrazone groups is 1. The van der Waals surface area contributed by atoms with Gasteiger partial charge in [0.15, 0.2) is 0 Å². The summed E-state index contributed by atoms with van der Waals surface area (Å²) in [4.78, 5) is 4.22. The van der Waals surface area contributed by atoms with Crippen molar-refractivity contribution < 1.29 is 9.13 Å². The molecule has 0 aliphatic carbocycles. The zero-order valence-corrected chi connectivity index (χ0v) is 13.1. The minimum Gasteiger partial charge on any atom is -0.374 e. The summed E-state index contributed by atoms with van der Waals surface area (Å²) in [5.41, 5.74) is 4.99. The fourth-order valence-corrected chi connectivity index (χ4v) is 2.22. The molecule has 0 amide bonds. The van der Waals surface area contributed by atoms with E-state index in [2.05, 4.69) is 15.5 Å². The topological polar surface area (TPSA) is 46.5 Å². The summed E-state index contributed by atoms with van der Waals surface area (Å²) in [6.07, 6.45) is 1.64. The van der Waals surface area contributed by atoms with E-state index in [1.807, 2.05) is 26.2 Å². The molecule has 1 heterocycles. The quantitative estimate of drug-likeness (QED) is 0.649. The highest BCUT2D eigenvalue weighted by Crippen LogP contribution is 2.14. The van der Waals surface area contributed by atoms with Gasteiger partial charge in [-0.1, -0.05) is 12.1 Å². The summed E-state index contributed by atoms with van der Waals surface area (Å²) in [5, 5.41) is 6.69. The molecule has 1 aromatic carbocycles. The van der Waals surface area contributed by atoms with Gasteiger partial charge in [0.25, 0.3) is 0 Å². The molecule has 0 saturated carbocycles. The summed E-state index contributed by atoms with van der Waals surface area (Å²) < 4.78 is 19.3. The van der Waals surface area contributed by atoms with Crippen molar-refractivity contribution in [2.75, 3.05) is 5.43 Å². The molecule has 4 nitrogen and oxygen atoms in total. The molecule has 6 heteroatoms. The lowest BCUT2D eigenvalue weighted by Gasteiger charge is -2.08. The third kappa shape index (κ3) is 4.91. The zero-order valence-electron chi connectivity index (χ0n) is 12.3. The first-order valence-corrected chi connectivity index (χ1v) is 7.54. The molecule has 0 aliphatic heterocycles. The van der Waals surface area contributed by atoms with Crippen molar-refractivity contribution in [1.82, 2.24) is 4.98 Å². The molecule has 0 bridgehead atoms. The summed E-state index contributed by atoms with van der Waals surface area (Å²) in [6.45, 7) is 6.03. The lowest BCUT2D eigenvalue weighted by Crippen LogP contribution is -2.04. The molecular weight excluding hydrogens is 289 g/mol. The largest absolute Gasteiger partial charge is 0.374 e. The average molecular weight is 307 g/mol. The number of hydrogen-bond acceptors (Lipinski definition) is 5. The van der Waals surface area contributed by atoms with Gasteiger partial charge in [-0.15, -0.1) is 11.3 Å². The van der Waals surface area contributed by atoms with Gasteiger partial charge < -0.3 is 4.74 Å². The van der Waals surface area contributed by atoms with Gasteiger partial charge >= 0.3 is 0 Å². The Morgan fingerprint density at radius 1 is 1.48 bits per heavy atom. The molecule has 0 fully saturated rings. The number of hydrogen-bond donors (Lipinski definition) is 1. The third-order valence-corrected chi connectivity index (χ3v) is 3.51. The van der Waals surface area contributed by atoms with E-state index in [1.165, 1.54) is 17.4 Å². The number of nitrogens with one attached hydrogen (secondary N) is 1. The highest BCUT2D eigenvalue weighted by molar-refractivity contribution is 7.13. The Kier molecular flexibility index (Phi) is 5.41. The van der Waals surface area contributed by atoms with Gasteiger partial charge in [0.05, 0.1) is 24.6 Å². The van der Waals surface area contributed by atoms with E-state index in [-0.39, 0.29) is 18.5 Å². The molecular formula is C15H18FN3OS. The monoisotopic (exact) mass is 307 g/mol. The second-order valence-corrected chi connectivity index (χ2v) is 5.73. The average Bonchev–Trinajstić information content (AvgIpc) is 2.83. The van der Waals surface area contributed by atoms with Crippen LogP contribution in [0.4, 0.5) is 9.52 Å². The summed E-state index contributed by atoms with van der Waals surface area (Å²) in [7, 11) is 0. The fraction of sp³-hybridized carbons (Fsp3) is 0.333. The number of nitrogens with zero attached hydrogens (tertiary/aromatic N) is 2. The maximum atomic E-state index is 13.9. The second kappa shape index (κ2) is 7.28. The standard InChI is InChI=1S/C15H18FN3OS/c1-10(2)20-8-13-5-4-12(6-14(13)16)7-17-19-15-18-11(3)9-21-15/h4-7,9-10H,8H2,1-3H3,(H,18,19). The maximum Gasteiger partial charge on any atom is 0.203 e. The number of rotatable bonds is 6. The van der Waals surface area contributed by atoms with Crippen LogP contribution < -0.4 is 5.43 Å². The molecule has 0 radical (unpaired) electrons. The second-order valence-electron chi connectivity index (χ2n) is 4.87. The Balaban J connectivity index is 1.96. The Labute approximate surface area is 127 Å². The number of thiazole rings is 1. The van der Waals surface area contributed by atoms with Crippen molar-refractivity contribution in [2.45, 2.75) is 33.5 Å². The van der Waals surface area contributed by atoms with Crippen molar-refractivity contribution in [3.05, 3.63) is 46.2 Å². The van der Waals surface area contributed by atoms with E-state index in [9.17, 15) is 4.39 Å². The SMILES string of the molecule is Cc1csc(NN=Cc2ccc(COC(C)C)c(F)c2)n1. The fourth-order valence-electron chi connectivity index (χ4n) is 1.58. The molecule has 2 aromatic rings. The smallest absolute Gasteiger partial charge is 0.203 e. The van der Waals surface area contributed by atoms with Crippen LogP contribution in [0.2, 0.25) is 0 Å². The molecule has 0 unspecified atom stereocenters.